The fraction of sp³-hybridized carbons (Fsp3) is 0.214. The molecule has 3 aromatic rings. The minimum Gasteiger partial charge on any atom is -0.481 e. The van der Waals surface area contributed by atoms with Gasteiger partial charge in [0.2, 0.25) is 0 Å². The highest BCUT2D eigenvalue weighted by atomic mass is 16.4. The lowest BCUT2D eigenvalue weighted by molar-refractivity contribution is -0.146. The highest BCUT2D eigenvalue weighted by Crippen LogP contribution is 2.25. The molecule has 0 aromatic heterocycles. The van der Waals surface area contributed by atoms with Crippen molar-refractivity contribution in [2.45, 2.75) is 25.4 Å². The Hall–Kier alpha value is -4.10. The van der Waals surface area contributed by atoms with E-state index in [1.165, 1.54) is 0 Å². The molecule has 0 saturated heterocycles. The lowest BCUT2D eigenvalue weighted by Gasteiger charge is -2.22. The van der Waals surface area contributed by atoms with Crippen LogP contribution in [0.5, 0.6) is 0 Å². The van der Waals surface area contributed by atoms with Gasteiger partial charge in [0.1, 0.15) is 6.29 Å². The Balaban J connectivity index is 1.34. The summed E-state index contributed by atoms with van der Waals surface area (Å²) in [5.74, 6) is -3.15. The van der Waals surface area contributed by atoms with E-state index < -0.39 is 29.8 Å². The molecule has 0 aliphatic carbocycles. The number of aldehydes is 1. The van der Waals surface area contributed by atoms with Gasteiger partial charge in [0.05, 0.1) is 23.1 Å². The zero-order valence-electron chi connectivity index (χ0n) is 19.0. The summed E-state index contributed by atoms with van der Waals surface area (Å²) in [4.78, 5) is 48.7. The first-order chi connectivity index (χ1) is 16.9. The Morgan fingerprint density at radius 1 is 0.829 bits per heavy atom. The molecule has 1 aliphatic rings. The Bertz CT molecular complexity index is 1210. The molecule has 35 heavy (non-hydrogen) atoms. The highest BCUT2D eigenvalue weighted by molar-refractivity contribution is 6.21. The largest absolute Gasteiger partial charge is 0.481 e. The maximum absolute atomic E-state index is 12.5. The third-order valence-corrected chi connectivity index (χ3v) is 6.39. The second-order valence-electron chi connectivity index (χ2n) is 8.58. The van der Waals surface area contributed by atoms with Gasteiger partial charge in [-0.2, -0.15) is 0 Å². The lowest BCUT2D eigenvalue weighted by atomic mass is 9.93. The van der Waals surface area contributed by atoms with Crippen LogP contribution in [0.3, 0.4) is 0 Å². The van der Waals surface area contributed by atoms with Crippen molar-refractivity contribution < 1.29 is 29.4 Å². The number of hydrogen-bond donors (Lipinski definition) is 2. The molecular formula is C28H25NO6. The fourth-order valence-corrected chi connectivity index (χ4v) is 4.32. The normalized spacial score (nSPS) is 14.5. The van der Waals surface area contributed by atoms with Crippen LogP contribution >= 0.6 is 0 Å². The first-order valence-electron chi connectivity index (χ1n) is 11.4. The SMILES string of the molecule is O=Cc1ccc(-c2ccc(CCC(O)C(CCN3C(=O)c4ccccc4C3=O)C(=O)O)cc2)cc1. The topological polar surface area (TPSA) is 112 Å². The van der Waals surface area contributed by atoms with Crippen molar-refractivity contribution in [3.8, 4) is 11.1 Å². The Morgan fingerprint density at radius 3 is 1.89 bits per heavy atom. The van der Waals surface area contributed by atoms with E-state index in [-0.39, 0.29) is 19.4 Å². The molecule has 178 valence electrons. The molecule has 2 N–H and O–H groups in total. The molecule has 1 aliphatic heterocycles. The van der Waals surface area contributed by atoms with Crippen molar-refractivity contribution in [3.05, 3.63) is 95.1 Å². The number of carbonyl (C=O) groups excluding carboxylic acids is 3. The Kier molecular flexibility index (Phi) is 7.17. The van der Waals surface area contributed by atoms with E-state index in [2.05, 4.69) is 0 Å². The molecule has 4 rings (SSSR count). The van der Waals surface area contributed by atoms with Crippen molar-refractivity contribution >= 4 is 24.1 Å². The smallest absolute Gasteiger partial charge is 0.309 e. The van der Waals surface area contributed by atoms with Crippen LogP contribution in [0.1, 0.15) is 49.5 Å². The van der Waals surface area contributed by atoms with Gasteiger partial charge in [0, 0.05) is 12.1 Å². The minimum atomic E-state index is -1.16. The second-order valence-corrected chi connectivity index (χ2v) is 8.58. The number of benzene rings is 3. The fourth-order valence-electron chi connectivity index (χ4n) is 4.32. The standard InChI is InChI=1S/C28H25NO6/c30-17-19-7-12-21(13-8-19)20-10-5-18(6-11-20)9-14-25(31)24(28(34)35)15-16-29-26(32)22-3-1-2-4-23(22)27(29)33/h1-8,10-13,17,24-25,31H,9,14-16H2,(H,34,35). The molecule has 3 aromatic carbocycles. The second kappa shape index (κ2) is 10.4. The number of carboxylic acids is 1. The molecule has 7 heteroatoms. The van der Waals surface area contributed by atoms with Crippen LogP contribution in [-0.4, -0.2) is 51.8 Å². The van der Waals surface area contributed by atoms with Crippen molar-refractivity contribution in [2.75, 3.05) is 6.54 Å². The van der Waals surface area contributed by atoms with Crippen LogP contribution in [0, 0.1) is 5.92 Å². The third-order valence-electron chi connectivity index (χ3n) is 6.39. The molecule has 2 unspecified atom stereocenters. The van der Waals surface area contributed by atoms with Crippen LogP contribution in [0.2, 0.25) is 0 Å². The number of carbonyl (C=O) groups is 4. The molecule has 2 amide bonds. The lowest BCUT2D eigenvalue weighted by Crippen LogP contribution is -2.36. The van der Waals surface area contributed by atoms with E-state index >= 15 is 0 Å². The van der Waals surface area contributed by atoms with Gasteiger partial charge in [-0.3, -0.25) is 24.1 Å². The van der Waals surface area contributed by atoms with Gasteiger partial charge in [-0.05, 0) is 48.1 Å². The van der Waals surface area contributed by atoms with Gasteiger partial charge in [0.15, 0.2) is 0 Å². The summed E-state index contributed by atoms with van der Waals surface area (Å²) in [5.41, 5.74) is 4.13. The number of nitrogens with zero attached hydrogens (tertiary/aromatic N) is 1. The number of aliphatic hydroxyl groups excluding tert-OH is 1. The molecule has 0 spiro atoms. The maximum Gasteiger partial charge on any atom is 0.309 e. The molecule has 0 fully saturated rings. The average molecular weight is 472 g/mol. The summed E-state index contributed by atoms with van der Waals surface area (Å²) in [5, 5.41) is 20.3. The maximum atomic E-state index is 12.5. The number of imide groups is 1. The van der Waals surface area contributed by atoms with E-state index in [4.69, 9.17) is 0 Å². The number of aryl methyl sites for hydroxylation is 1. The molecule has 0 radical (unpaired) electrons. The summed E-state index contributed by atoms with van der Waals surface area (Å²) >= 11 is 0. The number of aliphatic hydroxyl groups is 1. The number of aliphatic carboxylic acids is 1. The Labute approximate surface area is 202 Å². The average Bonchev–Trinajstić information content (AvgIpc) is 3.12. The van der Waals surface area contributed by atoms with E-state index in [0.717, 1.165) is 27.9 Å². The van der Waals surface area contributed by atoms with Gasteiger partial charge in [-0.15, -0.1) is 0 Å². The van der Waals surface area contributed by atoms with Gasteiger partial charge >= 0.3 is 5.97 Å². The predicted molar refractivity (Wildman–Crippen MR) is 129 cm³/mol. The number of hydrogen-bond acceptors (Lipinski definition) is 5. The number of fused-ring (bicyclic) bond motifs is 1. The van der Waals surface area contributed by atoms with E-state index in [9.17, 15) is 29.4 Å². The minimum absolute atomic E-state index is 0.0301. The zero-order chi connectivity index (χ0) is 24.9. The Morgan fingerprint density at radius 2 is 1.37 bits per heavy atom. The van der Waals surface area contributed by atoms with Gasteiger partial charge in [-0.1, -0.05) is 60.7 Å². The first-order valence-corrected chi connectivity index (χ1v) is 11.4. The number of carboxylic acid groups (broad SMARTS) is 1. The molecule has 7 nitrogen and oxygen atoms in total. The molecule has 0 bridgehead atoms. The summed E-state index contributed by atoms with van der Waals surface area (Å²) < 4.78 is 0. The van der Waals surface area contributed by atoms with Crippen molar-refractivity contribution in [1.29, 1.82) is 0 Å². The molecule has 2 atom stereocenters. The zero-order valence-corrected chi connectivity index (χ0v) is 19.0. The summed E-state index contributed by atoms with van der Waals surface area (Å²) in [6.45, 7) is -0.0715. The predicted octanol–water partition coefficient (Wildman–Crippen LogP) is 3.85. The van der Waals surface area contributed by atoms with Gasteiger partial charge < -0.3 is 10.2 Å². The highest BCUT2D eigenvalue weighted by Gasteiger charge is 2.36. The van der Waals surface area contributed by atoms with Crippen molar-refractivity contribution in [2.24, 2.45) is 5.92 Å². The summed E-state index contributed by atoms with van der Waals surface area (Å²) in [6, 6.07) is 21.5. The summed E-state index contributed by atoms with van der Waals surface area (Å²) in [7, 11) is 0. The van der Waals surface area contributed by atoms with E-state index in [0.29, 0.717) is 23.1 Å². The monoisotopic (exact) mass is 471 g/mol. The van der Waals surface area contributed by atoms with Gasteiger partial charge in [0.25, 0.3) is 11.8 Å². The van der Waals surface area contributed by atoms with Crippen LogP contribution in [0.4, 0.5) is 0 Å². The van der Waals surface area contributed by atoms with E-state index in [1.807, 2.05) is 36.4 Å². The molecule has 1 heterocycles. The summed E-state index contributed by atoms with van der Waals surface area (Å²) in [6.07, 6.45) is 0.341. The first kappa shape index (κ1) is 24.0. The molecule has 0 saturated carbocycles. The van der Waals surface area contributed by atoms with Crippen molar-refractivity contribution in [1.82, 2.24) is 4.90 Å². The van der Waals surface area contributed by atoms with E-state index in [1.54, 1.807) is 36.4 Å². The third kappa shape index (κ3) is 5.20. The quantitative estimate of drug-likeness (QED) is 0.343. The number of amides is 2. The molecular weight excluding hydrogens is 446 g/mol. The van der Waals surface area contributed by atoms with Crippen LogP contribution in [0.25, 0.3) is 11.1 Å². The van der Waals surface area contributed by atoms with Crippen LogP contribution in [-0.2, 0) is 11.2 Å². The van der Waals surface area contributed by atoms with Gasteiger partial charge in [-0.25, -0.2) is 0 Å². The van der Waals surface area contributed by atoms with Crippen molar-refractivity contribution in [3.63, 3.8) is 0 Å². The number of rotatable bonds is 10. The van der Waals surface area contributed by atoms with Crippen LogP contribution in [0.15, 0.2) is 72.8 Å². The van der Waals surface area contributed by atoms with Crippen LogP contribution < -0.4 is 0 Å².